The molecule has 0 radical (unpaired) electrons. The highest BCUT2D eigenvalue weighted by atomic mass is 16.5. The Morgan fingerprint density at radius 1 is 1.08 bits per heavy atom. The summed E-state index contributed by atoms with van der Waals surface area (Å²) < 4.78 is 10.8. The summed E-state index contributed by atoms with van der Waals surface area (Å²) in [5.74, 6) is -0.892. The van der Waals surface area contributed by atoms with Crippen LogP contribution in [0, 0.1) is 5.92 Å². The molecule has 2 aromatic rings. The number of carboxylic acid groups (broad SMARTS) is 1. The van der Waals surface area contributed by atoms with E-state index in [0.29, 0.717) is 11.5 Å². The van der Waals surface area contributed by atoms with Crippen molar-refractivity contribution in [2.24, 2.45) is 5.92 Å². The van der Waals surface area contributed by atoms with Crippen LogP contribution >= 0.6 is 0 Å². The first-order valence-electron chi connectivity index (χ1n) is 8.35. The average molecular weight is 357 g/mol. The standard InChI is InChI=1S/C20H23NO5/c1-14(26-17-9-4-3-5-10-17)19(22)21-13-16(20(23)24)12-15-8-6-7-11-18(15)25-2/h3-11,14,16H,12-13H2,1-2H3,(H,21,22)(H,23,24). The molecule has 26 heavy (non-hydrogen) atoms. The van der Waals surface area contributed by atoms with Crippen LogP contribution in [0.25, 0.3) is 0 Å². The van der Waals surface area contributed by atoms with Gasteiger partial charge in [0, 0.05) is 6.54 Å². The van der Waals surface area contributed by atoms with Crippen LogP contribution in [0.15, 0.2) is 54.6 Å². The molecule has 0 saturated heterocycles. The van der Waals surface area contributed by atoms with Crippen LogP contribution < -0.4 is 14.8 Å². The number of benzene rings is 2. The summed E-state index contributed by atoms with van der Waals surface area (Å²) in [5.41, 5.74) is 0.783. The minimum Gasteiger partial charge on any atom is -0.496 e. The number of nitrogens with one attached hydrogen (secondary N) is 1. The van der Waals surface area contributed by atoms with Crippen molar-refractivity contribution in [1.82, 2.24) is 5.32 Å². The molecule has 0 saturated carbocycles. The summed E-state index contributed by atoms with van der Waals surface area (Å²) in [5, 5.41) is 12.1. The number of methoxy groups -OCH3 is 1. The third-order valence-electron chi connectivity index (χ3n) is 3.96. The monoisotopic (exact) mass is 357 g/mol. The number of carbonyl (C=O) groups is 2. The van der Waals surface area contributed by atoms with E-state index >= 15 is 0 Å². The maximum atomic E-state index is 12.2. The summed E-state index contributed by atoms with van der Waals surface area (Å²) >= 11 is 0. The van der Waals surface area contributed by atoms with E-state index in [9.17, 15) is 14.7 Å². The lowest BCUT2D eigenvalue weighted by atomic mass is 9.98. The van der Waals surface area contributed by atoms with Crippen molar-refractivity contribution >= 4 is 11.9 Å². The first-order valence-corrected chi connectivity index (χ1v) is 8.35. The van der Waals surface area contributed by atoms with Gasteiger partial charge in [0.05, 0.1) is 13.0 Å². The van der Waals surface area contributed by atoms with Crippen molar-refractivity contribution in [2.45, 2.75) is 19.4 Å². The van der Waals surface area contributed by atoms with Crippen LogP contribution in [-0.2, 0) is 16.0 Å². The number of carboxylic acids is 1. The van der Waals surface area contributed by atoms with E-state index in [0.717, 1.165) is 5.56 Å². The molecule has 6 nitrogen and oxygen atoms in total. The predicted molar refractivity (Wildman–Crippen MR) is 97.4 cm³/mol. The van der Waals surface area contributed by atoms with Gasteiger partial charge in [0.2, 0.25) is 0 Å². The van der Waals surface area contributed by atoms with Crippen LogP contribution in [0.2, 0.25) is 0 Å². The zero-order valence-electron chi connectivity index (χ0n) is 14.8. The normalized spacial score (nSPS) is 12.7. The van der Waals surface area contributed by atoms with Gasteiger partial charge < -0.3 is 19.9 Å². The quantitative estimate of drug-likeness (QED) is 0.720. The van der Waals surface area contributed by atoms with E-state index in [1.54, 1.807) is 32.2 Å². The van der Waals surface area contributed by atoms with Gasteiger partial charge in [-0.15, -0.1) is 0 Å². The van der Waals surface area contributed by atoms with E-state index < -0.39 is 18.0 Å². The maximum Gasteiger partial charge on any atom is 0.308 e. The highest BCUT2D eigenvalue weighted by Crippen LogP contribution is 2.21. The SMILES string of the molecule is COc1ccccc1CC(CNC(=O)C(C)Oc1ccccc1)C(=O)O. The zero-order chi connectivity index (χ0) is 18.9. The summed E-state index contributed by atoms with van der Waals surface area (Å²) in [6.07, 6.45) is -0.466. The van der Waals surface area contributed by atoms with Crippen LogP contribution in [0.5, 0.6) is 11.5 Å². The summed E-state index contributed by atoms with van der Waals surface area (Å²) in [6, 6.07) is 16.2. The molecular weight excluding hydrogens is 334 g/mol. The van der Waals surface area contributed by atoms with E-state index in [1.165, 1.54) is 0 Å². The van der Waals surface area contributed by atoms with E-state index in [4.69, 9.17) is 9.47 Å². The molecular formula is C20H23NO5. The number of amides is 1. The molecule has 2 atom stereocenters. The molecule has 138 valence electrons. The van der Waals surface area contributed by atoms with Crippen molar-refractivity contribution in [3.63, 3.8) is 0 Å². The fourth-order valence-electron chi connectivity index (χ4n) is 2.51. The first kappa shape index (κ1) is 19.3. The third kappa shape index (κ3) is 5.51. The predicted octanol–water partition coefficient (Wildman–Crippen LogP) is 2.52. The molecule has 0 heterocycles. The number of hydrogen-bond donors (Lipinski definition) is 2. The molecule has 2 rings (SSSR count). The van der Waals surface area contributed by atoms with Gasteiger partial charge in [-0.05, 0) is 37.1 Å². The van der Waals surface area contributed by atoms with Gasteiger partial charge in [0.15, 0.2) is 6.10 Å². The smallest absolute Gasteiger partial charge is 0.308 e. The largest absolute Gasteiger partial charge is 0.496 e. The maximum absolute atomic E-state index is 12.2. The van der Waals surface area contributed by atoms with Crippen LogP contribution in [0.1, 0.15) is 12.5 Å². The lowest BCUT2D eigenvalue weighted by Gasteiger charge is -2.18. The molecule has 1 amide bonds. The van der Waals surface area contributed by atoms with Gasteiger partial charge in [0.25, 0.3) is 5.91 Å². The topological polar surface area (TPSA) is 84.9 Å². The van der Waals surface area contributed by atoms with Gasteiger partial charge >= 0.3 is 5.97 Å². The van der Waals surface area contributed by atoms with Gasteiger partial charge in [-0.1, -0.05) is 36.4 Å². The second-order valence-electron chi connectivity index (χ2n) is 5.87. The summed E-state index contributed by atoms with van der Waals surface area (Å²) in [7, 11) is 1.54. The van der Waals surface area contributed by atoms with Gasteiger partial charge in [-0.2, -0.15) is 0 Å². The average Bonchev–Trinajstić information content (AvgIpc) is 2.65. The Morgan fingerprint density at radius 3 is 2.38 bits per heavy atom. The molecule has 0 aliphatic carbocycles. The van der Waals surface area contributed by atoms with Crippen LogP contribution in [0.3, 0.4) is 0 Å². The van der Waals surface area contributed by atoms with Crippen LogP contribution in [-0.4, -0.2) is 36.7 Å². The Kier molecular flexibility index (Phi) is 7.02. The van der Waals surface area contributed by atoms with Gasteiger partial charge in [-0.3, -0.25) is 9.59 Å². The zero-order valence-corrected chi connectivity index (χ0v) is 14.8. The van der Waals surface area contributed by atoms with Crippen molar-refractivity contribution in [1.29, 1.82) is 0 Å². The van der Waals surface area contributed by atoms with Crippen molar-refractivity contribution in [3.8, 4) is 11.5 Å². The van der Waals surface area contributed by atoms with Crippen molar-refractivity contribution in [2.75, 3.05) is 13.7 Å². The van der Waals surface area contributed by atoms with Gasteiger partial charge in [0.1, 0.15) is 11.5 Å². The highest BCUT2D eigenvalue weighted by molar-refractivity contribution is 5.81. The Bertz CT molecular complexity index is 732. The minimum atomic E-state index is -0.979. The van der Waals surface area contributed by atoms with E-state index in [-0.39, 0.29) is 18.9 Å². The number of para-hydroxylation sites is 2. The van der Waals surface area contributed by atoms with Gasteiger partial charge in [-0.25, -0.2) is 0 Å². The fourth-order valence-corrected chi connectivity index (χ4v) is 2.51. The summed E-state index contributed by atoms with van der Waals surface area (Å²) in [4.78, 5) is 23.7. The molecule has 0 aliphatic heterocycles. The Labute approximate surface area is 152 Å². The Balaban J connectivity index is 1.93. The molecule has 2 N–H and O–H groups in total. The van der Waals surface area contributed by atoms with Crippen molar-refractivity contribution < 1.29 is 24.2 Å². The lowest BCUT2D eigenvalue weighted by molar-refractivity contribution is -0.141. The highest BCUT2D eigenvalue weighted by Gasteiger charge is 2.22. The number of carbonyl (C=O) groups excluding carboxylic acids is 1. The molecule has 0 spiro atoms. The van der Waals surface area contributed by atoms with Crippen LogP contribution in [0.4, 0.5) is 0 Å². The van der Waals surface area contributed by atoms with E-state index in [2.05, 4.69) is 5.32 Å². The fraction of sp³-hybridized carbons (Fsp3) is 0.300. The Hall–Kier alpha value is -3.02. The lowest BCUT2D eigenvalue weighted by Crippen LogP contribution is -2.41. The Morgan fingerprint density at radius 2 is 1.73 bits per heavy atom. The molecule has 2 aromatic carbocycles. The minimum absolute atomic E-state index is 0.00864. The second-order valence-corrected chi connectivity index (χ2v) is 5.87. The third-order valence-corrected chi connectivity index (χ3v) is 3.96. The molecule has 0 aromatic heterocycles. The van der Waals surface area contributed by atoms with Crippen molar-refractivity contribution in [3.05, 3.63) is 60.2 Å². The number of hydrogen-bond acceptors (Lipinski definition) is 4. The second kappa shape index (κ2) is 9.46. The molecule has 6 heteroatoms. The molecule has 2 unspecified atom stereocenters. The molecule has 0 bridgehead atoms. The summed E-state index contributed by atoms with van der Waals surface area (Å²) in [6.45, 7) is 1.63. The first-order chi connectivity index (χ1) is 12.5. The number of ether oxygens (including phenoxy) is 2. The van der Waals surface area contributed by atoms with E-state index in [1.807, 2.05) is 36.4 Å². The number of rotatable bonds is 9. The molecule has 0 aliphatic rings. The number of aliphatic carboxylic acids is 1. The molecule has 0 fully saturated rings.